The van der Waals surface area contributed by atoms with Crippen molar-refractivity contribution in [2.24, 2.45) is 0 Å². The predicted molar refractivity (Wildman–Crippen MR) is 124 cm³/mol. The van der Waals surface area contributed by atoms with Gasteiger partial charge in [-0.15, -0.1) is 0 Å². The fourth-order valence-electron chi connectivity index (χ4n) is 3.76. The number of halogens is 1. The number of nitrogens with one attached hydrogen (secondary N) is 1. The van der Waals surface area contributed by atoms with Crippen molar-refractivity contribution in [1.82, 2.24) is 9.88 Å². The summed E-state index contributed by atoms with van der Waals surface area (Å²) in [5, 5.41) is 4.88. The van der Waals surface area contributed by atoms with E-state index in [1.807, 2.05) is 42.5 Å². The molecule has 4 aromatic rings. The van der Waals surface area contributed by atoms with E-state index in [9.17, 15) is 4.79 Å². The van der Waals surface area contributed by atoms with Crippen molar-refractivity contribution < 1.29 is 4.79 Å². The lowest BCUT2D eigenvalue weighted by Gasteiger charge is -2.10. The molecule has 152 valence electrons. The number of amides is 1. The minimum Gasteiger partial charge on any atom is -0.348 e. The van der Waals surface area contributed by atoms with Crippen molar-refractivity contribution in [2.45, 2.75) is 33.9 Å². The van der Waals surface area contributed by atoms with Crippen LogP contribution in [0.25, 0.3) is 10.9 Å². The maximum absolute atomic E-state index is 12.7. The smallest absolute Gasteiger partial charge is 0.251 e. The molecule has 0 unspecified atom stereocenters. The number of nitrogens with zero attached hydrogens (tertiary/aromatic N) is 1. The largest absolute Gasteiger partial charge is 0.348 e. The molecule has 30 heavy (non-hydrogen) atoms. The van der Waals surface area contributed by atoms with E-state index in [1.165, 1.54) is 22.4 Å². The molecule has 3 nitrogen and oxygen atoms in total. The first-order chi connectivity index (χ1) is 14.4. The fraction of sp³-hybridized carbons (Fsp3) is 0.192. The van der Waals surface area contributed by atoms with Gasteiger partial charge in [0.2, 0.25) is 0 Å². The first kappa shape index (κ1) is 20.2. The van der Waals surface area contributed by atoms with Crippen LogP contribution in [0.4, 0.5) is 0 Å². The van der Waals surface area contributed by atoms with Crippen LogP contribution in [0.5, 0.6) is 0 Å². The quantitative estimate of drug-likeness (QED) is 0.413. The zero-order valence-corrected chi connectivity index (χ0v) is 18.3. The van der Waals surface area contributed by atoms with Crippen LogP contribution in [0.1, 0.15) is 38.3 Å². The number of benzene rings is 3. The monoisotopic (exact) mass is 416 g/mol. The maximum Gasteiger partial charge on any atom is 0.251 e. The van der Waals surface area contributed by atoms with Crippen LogP contribution in [0.2, 0.25) is 5.02 Å². The third kappa shape index (κ3) is 4.12. The van der Waals surface area contributed by atoms with Gasteiger partial charge in [0.1, 0.15) is 0 Å². The van der Waals surface area contributed by atoms with Crippen LogP contribution in [0.3, 0.4) is 0 Å². The van der Waals surface area contributed by atoms with Crippen LogP contribution in [-0.4, -0.2) is 10.5 Å². The van der Waals surface area contributed by atoms with Crippen LogP contribution in [-0.2, 0) is 13.1 Å². The molecule has 1 amide bonds. The van der Waals surface area contributed by atoms with E-state index in [0.29, 0.717) is 12.1 Å². The summed E-state index contributed by atoms with van der Waals surface area (Å²) >= 11 is 6.02. The Hall–Kier alpha value is -3.04. The van der Waals surface area contributed by atoms with Gasteiger partial charge in [-0.3, -0.25) is 4.79 Å². The summed E-state index contributed by atoms with van der Waals surface area (Å²) in [6, 6.07) is 22.1. The standard InChI is InChI=1S/C26H25ClN2O/c1-17-4-6-20(7-5-17)15-28-26(30)22-10-13-25-24(14-22)18(2)19(3)29(25)16-21-8-11-23(27)12-9-21/h4-14H,15-16H2,1-3H3,(H,28,30). The summed E-state index contributed by atoms with van der Waals surface area (Å²) in [6.45, 7) is 7.59. The summed E-state index contributed by atoms with van der Waals surface area (Å²) in [5.74, 6) is -0.0556. The Morgan fingerprint density at radius 1 is 0.900 bits per heavy atom. The van der Waals surface area contributed by atoms with Gasteiger partial charge in [0.15, 0.2) is 0 Å². The summed E-state index contributed by atoms with van der Waals surface area (Å²) in [5.41, 5.74) is 7.72. The molecule has 0 radical (unpaired) electrons. The van der Waals surface area contributed by atoms with Gasteiger partial charge in [-0.1, -0.05) is 53.6 Å². The Labute approximate surface area is 182 Å². The molecule has 4 rings (SSSR count). The van der Waals surface area contributed by atoms with Gasteiger partial charge in [-0.05, 0) is 67.8 Å². The van der Waals surface area contributed by atoms with Crippen LogP contribution in [0.15, 0.2) is 66.7 Å². The van der Waals surface area contributed by atoms with Crippen LogP contribution in [0, 0.1) is 20.8 Å². The minimum atomic E-state index is -0.0556. The first-order valence-corrected chi connectivity index (χ1v) is 10.5. The highest BCUT2D eigenvalue weighted by Gasteiger charge is 2.14. The highest BCUT2D eigenvalue weighted by molar-refractivity contribution is 6.30. The van der Waals surface area contributed by atoms with Crippen molar-refractivity contribution in [3.05, 3.63) is 105 Å². The van der Waals surface area contributed by atoms with Gasteiger partial charge in [-0.2, -0.15) is 0 Å². The second-order valence-corrected chi connectivity index (χ2v) is 8.26. The number of carbonyl (C=O) groups excluding carboxylic acids is 1. The van der Waals surface area contributed by atoms with Gasteiger partial charge in [0.25, 0.3) is 5.91 Å². The van der Waals surface area contributed by atoms with E-state index in [1.54, 1.807) is 0 Å². The molecule has 0 fully saturated rings. The molecule has 0 bridgehead atoms. The lowest BCUT2D eigenvalue weighted by Crippen LogP contribution is -2.22. The van der Waals surface area contributed by atoms with Gasteiger partial charge in [-0.25, -0.2) is 0 Å². The third-order valence-electron chi connectivity index (χ3n) is 5.73. The Balaban J connectivity index is 1.57. The second-order valence-electron chi connectivity index (χ2n) is 7.82. The molecular weight excluding hydrogens is 392 g/mol. The third-order valence-corrected chi connectivity index (χ3v) is 5.98. The fourth-order valence-corrected chi connectivity index (χ4v) is 3.88. The second kappa shape index (κ2) is 8.37. The lowest BCUT2D eigenvalue weighted by molar-refractivity contribution is 0.0951. The summed E-state index contributed by atoms with van der Waals surface area (Å²) in [4.78, 5) is 12.7. The molecule has 0 saturated carbocycles. The van der Waals surface area contributed by atoms with E-state index in [2.05, 4.69) is 54.9 Å². The number of aromatic nitrogens is 1. The first-order valence-electron chi connectivity index (χ1n) is 10.1. The highest BCUT2D eigenvalue weighted by atomic mass is 35.5. The van der Waals surface area contributed by atoms with E-state index in [-0.39, 0.29) is 5.91 Å². The van der Waals surface area contributed by atoms with Crippen LogP contribution < -0.4 is 5.32 Å². The molecule has 0 spiro atoms. The number of carbonyl (C=O) groups is 1. The molecule has 3 aromatic carbocycles. The van der Waals surface area contributed by atoms with E-state index >= 15 is 0 Å². The average molecular weight is 417 g/mol. The topological polar surface area (TPSA) is 34.0 Å². The Kier molecular flexibility index (Phi) is 5.65. The van der Waals surface area contributed by atoms with Gasteiger partial charge >= 0.3 is 0 Å². The van der Waals surface area contributed by atoms with Crippen molar-refractivity contribution in [1.29, 1.82) is 0 Å². The van der Waals surface area contributed by atoms with Crippen LogP contribution >= 0.6 is 11.6 Å². The van der Waals surface area contributed by atoms with Crippen molar-refractivity contribution in [3.8, 4) is 0 Å². The molecule has 0 saturated heterocycles. The zero-order valence-electron chi connectivity index (χ0n) is 17.5. The minimum absolute atomic E-state index is 0.0556. The SMILES string of the molecule is Cc1ccc(CNC(=O)c2ccc3c(c2)c(C)c(C)n3Cc2ccc(Cl)cc2)cc1. The summed E-state index contributed by atoms with van der Waals surface area (Å²) in [7, 11) is 0. The Morgan fingerprint density at radius 3 is 2.27 bits per heavy atom. The zero-order chi connectivity index (χ0) is 21.3. The maximum atomic E-state index is 12.7. The molecule has 0 aliphatic carbocycles. The number of aryl methyl sites for hydroxylation is 2. The molecule has 0 aliphatic rings. The number of hydrogen-bond donors (Lipinski definition) is 1. The lowest BCUT2D eigenvalue weighted by atomic mass is 10.1. The van der Waals surface area contributed by atoms with E-state index < -0.39 is 0 Å². The molecular formula is C26H25ClN2O. The average Bonchev–Trinajstić information content (AvgIpc) is 2.99. The van der Waals surface area contributed by atoms with E-state index in [4.69, 9.17) is 11.6 Å². The predicted octanol–water partition coefficient (Wildman–Crippen LogP) is 6.20. The van der Waals surface area contributed by atoms with Crippen molar-refractivity contribution >= 4 is 28.4 Å². The van der Waals surface area contributed by atoms with Crippen molar-refractivity contribution in [2.75, 3.05) is 0 Å². The summed E-state index contributed by atoms with van der Waals surface area (Å²) in [6.07, 6.45) is 0. The number of rotatable bonds is 5. The van der Waals surface area contributed by atoms with E-state index in [0.717, 1.165) is 28.0 Å². The summed E-state index contributed by atoms with van der Waals surface area (Å²) < 4.78 is 2.29. The van der Waals surface area contributed by atoms with Gasteiger partial charge in [0.05, 0.1) is 0 Å². The van der Waals surface area contributed by atoms with Gasteiger partial charge in [0, 0.05) is 40.3 Å². The molecule has 0 atom stereocenters. The normalized spacial score (nSPS) is 11.1. The Morgan fingerprint density at radius 2 is 1.57 bits per heavy atom. The highest BCUT2D eigenvalue weighted by Crippen LogP contribution is 2.27. The molecule has 0 aliphatic heterocycles. The Bertz CT molecular complexity index is 1200. The van der Waals surface area contributed by atoms with Gasteiger partial charge < -0.3 is 9.88 Å². The molecule has 4 heteroatoms. The molecule has 1 N–H and O–H groups in total. The molecule has 1 aromatic heterocycles. The number of hydrogen-bond acceptors (Lipinski definition) is 1. The van der Waals surface area contributed by atoms with Crippen molar-refractivity contribution in [3.63, 3.8) is 0 Å². The number of fused-ring (bicyclic) bond motifs is 1. The molecule has 1 heterocycles.